The maximum absolute atomic E-state index is 10.6. The predicted molar refractivity (Wildman–Crippen MR) is 77.4 cm³/mol. The number of amides is 1. The highest BCUT2D eigenvalue weighted by Gasteiger charge is 2.09. The van der Waals surface area contributed by atoms with E-state index in [1.807, 2.05) is 25.1 Å². The molecule has 0 bridgehead atoms. The van der Waals surface area contributed by atoms with E-state index in [1.54, 1.807) is 6.07 Å². The molecule has 3 heteroatoms. The van der Waals surface area contributed by atoms with Gasteiger partial charge in [-0.15, -0.1) is 0 Å². The van der Waals surface area contributed by atoms with Crippen molar-refractivity contribution in [2.24, 2.45) is 0 Å². The standard InChI is InChI=1S/C9H11NO2.C6H14/c1-7-5-3-4-6-8(7)10(2)9(11)12;1-3-5-6-4-2/h3-6H,1-2H3,(H,11,12);3-6H2,1-2H3. The number of anilines is 1. The number of rotatable bonds is 4. The van der Waals surface area contributed by atoms with E-state index in [1.165, 1.54) is 37.6 Å². The number of hydrogen-bond donors (Lipinski definition) is 1. The minimum Gasteiger partial charge on any atom is -0.465 e. The molecule has 3 nitrogen and oxygen atoms in total. The molecule has 0 spiro atoms. The Labute approximate surface area is 110 Å². The molecule has 0 saturated carbocycles. The van der Waals surface area contributed by atoms with Crippen molar-refractivity contribution in [1.82, 2.24) is 0 Å². The molecule has 0 aliphatic heterocycles. The molecule has 1 N–H and O–H groups in total. The van der Waals surface area contributed by atoms with Gasteiger partial charge in [0.15, 0.2) is 0 Å². The van der Waals surface area contributed by atoms with E-state index >= 15 is 0 Å². The lowest BCUT2D eigenvalue weighted by Gasteiger charge is -2.14. The molecule has 0 heterocycles. The fourth-order valence-corrected chi connectivity index (χ4v) is 1.54. The SMILES string of the molecule is CCCCCC.Cc1ccccc1N(C)C(=O)O. The van der Waals surface area contributed by atoms with Crippen molar-refractivity contribution in [3.63, 3.8) is 0 Å². The molecule has 0 saturated heterocycles. The monoisotopic (exact) mass is 251 g/mol. The zero-order valence-electron chi connectivity index (χ0n) is 11.9. The maximum Gasteiger partial charge on any atom is 0.411 e. The van der Waals surface area contributed by atoms with Crippen LogP contribution in [0.25, 0.3) is 0 Å². The Hall–Kier alpha value is -1.51. The number of nitrogens with zero attached hydrogens (tertiary/aromatic N) is 1. The van der Waals surface area contributed by atoms with Crippen molar-refractivity contribution in [2.45, 2.75) is 46.5 Å². The van der Waals surface area contributed by atoms with E-state index in [4.69, 9.17) is 5.11 Å². The summed E-state index contributed by atoms with van der Waals surface area (Å²) in [7, 11) is 1.53. The topological polar surface area (TPSA) is 40.5 Å². The molecule has 0 fully saturated rings. The molecule has 1 rings (SSSR count). The fourth-order valence-electron chi connectivity index (χ4n) is 1.54. The van der Waals surface area contributed by atoms with Crippen molar-refractivity contribution in [3.8, 4) is 0 Å². The van der Waals surface area contributed by atoms with Crippen LogP contribution in [-0.4, -0.2) is 18.2 Å². The zero-order valence-corrected chi connectivity index (χ0v) is 11.9. The van der Waals surface area contributed by atoms with Crippen molar-refractivity contribution < 1.29 is 9.90 Å². The lowest BCUT2D eigenvalue weighted by Crippen LogP contribution is -2.24. The normalized spacial score (nSPS) is 9.33. The van der Waals surface area contributed by atoms with Crippen molar-refractivity contribution in [1.29, 1.82) is 0 Å². The van der Waals surface area contributed by atoms with Crippen LogP contribution in [-0.2, 0) is 0 Å². The first kappa shape index (κ1) is 16.5. The Bertz CT molecular complexity index is 346. The number of unbranched alkanes of at least 4 members (excludes halogenated alkanes) is 3. The smallest absolute Gasteiger partial charge is 0.411 e. The van der Waals surface area contributed by atoms with Crippen molar-refractivity contribution in [3.05, 3.63) is 29.8 Å². The summed E-state index contributed by atoms with van der Waals surface area (Å²) in [6.45, 7) is 6.35. The highest BCUT2D eigenvalue weighted by Crippen LogP contribution is 2.17. The Morgan fingerprint density at radius 1 is 1.17 bits per heavy atom. The second kappa shape index (κ2) is 9.51. The van der Waals surface area contributed by atoms with Gasteiger partial charge in [-0.2, -0.15) is 0 Å². The summed E-state index contributed by atoms with van der Waals surface area (Å²) < 4.78 is 0. The first-order chi connectivity index (χ1) is 8.54. The van der Waals surface area contributed by atoms with Crippen LogP contribution in [0, 0.1) is 6.92 Å². The Balaban J connectivity index is 0.000000411. The first-order valence-electron chi connectivity index (χ1n) is 6.56. The Morgan fingerprint density at radius 2 is 1.67 bits per heavy atom. The van der Waals surface area contributed by atoms with E-state index < -0.39 is 6.09 Å². The maximum atomic E-state index is 10.6. The van der Waals surface area contributed by atoms with Crippen LogP contribution in [0.15, 0.2) is 24.3 Å². The molecule has 0 aliphatic carbocycles. The molecule has 0 atom stereocenters. The van der Waals surface area contributed by atoms with Crippen LogP contribution in [0.1, 0.15) is 45.1 Å². The van der Waals surface area contributed by atoms with Crippen molar-refractivity contribution in [2.75, 3.05) is 11.9 Å². The predicted octanol–water partition coefficient (Wildman–Crippen LogP) is 4.70. The summed E-state index contributed by atoms with van der Waals surface area (Å²) in [6.07, 6.45) is 4.60. The van der Waals surface area contributed by atoms with Gasteiger partial charge in [0.05, 0.1) is 0 Å². The molecule has 0 aromatic heterocycles. The zero-order chi connectivity index (χ0) is 14.0. The molecular formula is C15H25NO2. The highest BCUT2D eigenvalue weighted by molar-refractivity contribution is 5.86. The molecular weight excluding hydrogens is 226 g/mol. The van der Waals surface area contributed by atoms with E-state index in [9.17, 15) is 4.79 Å². The van der Waals surface area contributed by atoms with Crippen LogP contribution >= 0.6 is 0 Å². The van der Waals surface area contributed by atoms with Gasteiger partial charge >= 0.3 is 6.09 Å². The minimum atomic E-state index is -0.940. The lowest BCUT2D eigenvalue weighted by atomic mass is 10.2. The van der Waals surface area contributed by atoms with Gasteiger partial charge < -0.3 is 5.11 Å². The second-order valence-electron chi connectivity index (χ2n) is 4.34. The van der Waals surface area contributed by atoms with Crippen LogP contribution in [0.2, 0.25) is 0 Å². The van der Waals surface area contributed by atoms with E-state index in [0.29, 0.717) is 0 Å². The molecule has 1 aromatic rings. The summed E-state index contributed by atoms with van der Waals surface area (Å²) in [5.74, 6) is 0. The van der Waals surface area contributed by atoms with Gasteiger partial charge in [-0.3, -0.25) is 4.90 Å². The molecule has 1 aromatic carbocycles. The van der Waals surface area contributed by atoms with Gasteiger partial charge in [0.2, 0.25) is 0 Å². The number of carboxylic acid groups (broad SMARTS) is 1. The molecule has 1 amide bonds. The lowest BCUT2D eigenvalue weighted by molar-refractivity contribution is 0.203. The van der Waals surface area contributed by atoms with Gasteiger partial charge in [-0.1, -0.05) is 57.7 Å². The summed E-state index contributed by atoms with van der Waals surface area (Å²) in [6, 6.07) is 7.37. The molecule has 0 radical (unpaired) electrons. The quantitative estimate of drug-likeness (QED) is 0.788. The first-order valence-corrected chi connectivity index (χ1v) is 6.56. The third-order valence-electron chi connectivity index (χ3n) is 2.72. The number of aryl methyl sites for hydroxylation is 1. The second-order valence-corrected chi connectivity index (χ2v) is 4.34. The Kier molecular flexibility index (Phi) is 8.71. The van der Waals surface area contributed by atoms with Gasteiger partial charge in [0.25, 0.3) is 0 Å². The Morgan fingerprint density at radius 3 is 2.06 bits per heavy atom. The van der Waals surface area contributed by atoms with Gasteiger partial charge in [0.1, 0.15) is 0 Å². The van der Waals surface area contributed by atoms with E-state index in [0.717, 1.165) is 11.3 Å². The largest absolute Gasteiger partial charge is 0.465 e. The average Bonchev–Trinajstić information content (AvgIpc) is 2.36. The minimum absolute atomic E-state index is 0.727. The molecule has 0 unspecified atom stereocenters. The highest BCUT2D eigenvalue weighted by atomic mass is 16.4. The summed E-state index contributed by atoms with van der Waals surface area (Å²) in [5.41, 5.74) is 1.69. The van der Waals surface area contributed by atoms with E-state index in [2.05, 4.69) is 13.8 Å². The van der Waals surface area contributed by atoms with Crippen LogP contribution < -0.4 is 4.90 Å². The van der Waals surface area contributed by atoms with Crippen LogP contribution in [0.5, 0.6) is 0 Å². The van der Waals surface area contributed by atoms with Gasteiger partial charge in [-0.25, -0.2) is 4.79 Å². The molecule has 18 heavy (non-hydrogen) atoms. The fraction of sp³-hybridized carbons (Fsp3) is 0.533. The third kappa shape index (κ3) is 6.28. The summed E-state index contributed by atoms with van der Waals surface area (Å²) in [5, 5.41) is 8.69. The van der Waals surface area contributed by atoms with Gasteiger partial charge in [0, 0.05) is 12.7 Å². The van der Waals surface area contributed by atoms with Gasteiger partial charge in [-0.05, 0) is 18.6 Å². The average molecular weight is 251 g/mol. The van der Waals surface area contributed by atoms with Crippen LogP contribution in [0.3, 0.4) is 0 Å². The number of benzene rings is 1. The summed E-state index contributed by atoms with van der Waals surface area (Å²) in [4.78, 5) is 11.8. The number of hydrogen-bond acceptors (Lipinski definition) is 1. The number of carbonyl (C=O) groups is 1. The molecule has 102 valence electrons. The summed E-state index contributed by atoms with van der Waals surface area (Å²) >= 11 is 0. The third-order valence-corrected chi connectivity index (χ3v) is 2.72. The number of para-hydroxylation sites is 1. The van der Waals surface area contributed by atoms with Crippen LogP contribution in [0.4, 0.5) is 10.5 Å². The van der Waals surface area contributed by atoms with E-state index in [-0.39, 0.29) is 0 Å². The molecule has 0 aliphatic rings. The van der Waals surface area contributed by atoms with Crippen molar-refractivity contribution >= 4 is 11.8 Å².